The van der Waals surface area contributed by atoms with E-state index in [1.807, 2.05) is 0 Å². The molecular formula is C18H29NO2. The molecular weight excluding hydrogens is 262 g/mol. The molecule has 0 saturated carbocycles. The first-order valence-corrected chi connectivity index (χ1v) is 7.85. The van der Waals surface area contributed by atoms with Gasteiger partial charge in [-0.1, -0.05) is 51.1 Å². The van der Waals surface area contributed by atoms with E-state index in [4.69, 9.17) is 9.47 Å². The molecule has 0 spiro atoms. The van der Waals surface area contributed by atoms with Crippen LogP contribution >= 0.6 is 0 Å². The predicted molar refractivity (Wildman–Crippen MR) is 86.4 cm³/mol. The summed E-state index contributed by atoms with van der Waals surface area (Å²) in [5.74, 6) is 0. The lowest BCUT2D eigenvalue weighted by Crippen LogP contribution is -2.44. The summed E-state index contributed by atoms with van der Waals surface area (Å²) in [7, 11) is 1.79. The molecule has 1 fully saturated rings. The molecule has 2 atom stereocenters. The van der Waals surface area contributed by atoms with Gasteiger partial charge >= 0.3 is 0 Å². The zero-order valence-corrected chi connectivity index (χ0v) is 13.8. The minimum absolute atomic E-state index is 0.162. The van der Waals surface area contributed by atoms with Crippen molar-refractivity contribution in [3.63, 3.8) is 0 Å². The summed E-state index contributed by atoms with van der Waals surface area (Å²) in [6, 6.07) is 11.0. The van der Waals surface area contributed by atoms with Crippen molar-refractivity contribution in [3.05, 3.63) is 35.9 Å². The summed E-state index contributed by atoms with van der Waals surface area (Å²) in [5.41, 5.74) is 1.46. The fourth-order valence-corrected chi connectivity index (χ4v) is 2.88. The van der Waals surface area contributed by atoms with Crippen LogP contribution in [0.2, 0.25) is 0 Å². The first-order chi connectivity index (χ1) is 9.94. The molecule has 0 radical (unpaired) electrons. The molecule has 1 aromatic rings. The predicted octanol–water partition coefficient (Wildman–Crippen LogP) is 3.56. The first-order valence-electron chi connectivity index (χ1n) is 7.85. The normalized spacial score (nSPS) is 24.2. The number of nitrogens with one attached hydrogen (secondary N) is 1. The van der Waals surface area contributed by atoms with E-state index in [1.54, 1.807) is 7.11 Å². The Balaban J connectivity index is 2.06. The molecule has 21 heavy (non-hydrogen) atoms. The number of benzene rings is 1. The van der Waals surface area contributed by atoms with E-state index >= 15 is 0 Å². The highest BCUT2D eigenvalue weighted by molar-refractivity contribution is 5.19. The van der Waals surface area contributed by atoms with Crippen molar-refractivity contribution in [1.29, 1.82) is 0 Å². The fraction of sp³-hybridized carbons (Fsp3) is 0.667. The van der Waals surface area contributed by atoms with Crippen LogP contribution in [0.3, 0.4) is 0 Å². The third-order valence-corrected chi connectivity index (χ3v) is 4.19. The Hall–Kier alpha value is -0.900. The Bertz CT molecular complexity index is 419. The molecule has 2 unspecified atom stereocenters. The molecule has 2 rings (SSSR count). The van der Waals surface area contributed by atoms with Gasteiger partial charge in [-0.3, -0.25) is 0 Å². The van der Waals surface area contributed by atoms with Crippen LogP contribution in [0.25, 0.3) is 0 Å². The second kappa shape index (κ2) is 6.91. The summed E-state index contributed by atoms with van der Waals surface area (Å²) in [4.78, 5) is 0. The van der Waals surface area contributed by atoms with Gasteiger partial charge in [0.1, 0.15) is 5.60 Å². The number of rotatable bonds is 6. The van der Waals surface area contributed by atoms with E-state index in [0.717, 1.165) is 26.0 Å². The van der Waals surface area contributed by atoms with E-state index in [0.29, 0.717) is 12.6 Å². The number of ether oxygens (including phenoxy) is 2. The van der Waals surface area contributed by atoms with E-state index in [-0.39, 0.29) is 11.0 Å². The minimum Gasteiger partial charge on any atom is -0.378 e. The molecule has 0 amide bonds. The fourth-order valence-electron chi connectivity index (χ4n) is 2.88. The van der Waals surface area contributed by atoms with Crippen LogP contribution in [-0.4, -0.2) is 32.5 Å². The minimum atomic E-state index is -0.162. The van der Waals surface area contributed by atoms with Gasteiger partial charge in [0, 0.05) is 32.7 Å². The van der Waals surface area contributed by atoms with Crippen LogP contribution in [0.4, 0.5) is 0 Å². The lowest BCUT2D eigenvalue weighted by Gasteiger charge is -2.32. The van der Waals surface area contributed by atoms with Crippen molar-refractivity contribution < 1.29 is 9.47 Å². The summed E-state index contributed by atoms with van der Waals surface area (Å²) < 4.78 is 11.3. The van der Waals surface area contributed by atoms with Crippen LogP contribution in [0, 0.1) is 5.41 Å². The summed E-state index contributed by atoms with van der Waals surface area (Å²) in [5, 5.41) is 3.72. The molecule has 3 nitrogen and oxygen atoms in total. The second-order valence-electron chi connectivity index (χ2n) is 7.30. The highest BCUT2D eigenvalue weighted by Gasteiger charge is 2.35. The Kier molecular flexibility index (Phi) is 5.42. The van der Waals surface area contributed by atoms with Crippen molar-refractivity contribution in [2.24, 2.45) is 5.41 Å². The SMILES string of the molecule is COC1(CNC(CC(C)(C)C)c2ccccc2)CCOC1. The highest BCUT2D eigenvalue weighted by atomic mass is 16.5. The lowest BCUT2D eigenvalue weighted by atomic mass is 9.85. The molecule has 1 aliphatic heterocycles. The number of methoxy groups -OCH3 is 1. The number of hydrogen-bond acceptors (Lipinski definition) is 3. The lowest BCUT2D eigenvalue weighted by molar-refractivity contribution is -0.0183. The largest absolute Gasteiger partial charge is 0.378 e. The molecule has 0 bridgehead atoms. The summed E-state index contributed by atoms with van der Waals surface area (Å²) in [6.07, 6.45) is 2.06. The van der Waals surface area contributed by atoms with Gasteiger partial charge in [0.05, 0.1) is 6.61 Å². The maximum absolute atomic E-state index is 5.73. The van der Waals surface area contributed by atoms with Crippen LogP contribution < -0.4 is 5.32 Å². The van der Waals surface area contributed by atoms with Gasteiger partial charge in [0.15, 0.2) is 0 Å². The Morgan fingerprint density at radius 1 is 1.29 bits per heavy atom. The average Bonchev–Trinajstić information content (AvgIpc) is 2.93. The molecule has 1 aliphatic rings. The van der Waals surface area contributed by atoms with Crippen molar-refractivity contribution in [2.75, 3.05) is 26.9 Å². The zero-order valence-electron chi connectivity index (χ0n) is 13.8. The smallest absolute Gasteiger partial charge is 0.106 e. The molecule has 1 N–H and O–H groups in total. The maximum Gasteiger partial charge on any atom is 0.106 e. The Labute approximate surface area is 129 Å². The second-order valence-corrected chi connectivity index (χ2v) is 7.30. The zero-order chi connectivity index (χ0) is 15.3. The molecule has 3 heteroatoms. The van der Waals surface area contributed by atoms with Gasteiger partial charge in [0.2, 0.25) is 0 Å². The molecule has 1 aromatic carbocycles. The molecule has 1 heterocycles. The van der Waals surface area contributed by atoms with Gasteiger partial charge in [-0.25, -0.2) is 0 Å². The summed E-state index contributed by atoms with van der Waals surface area (Å²) >= 11 is 0. The van der Waals surface area contributed by atoms with Crippen molar-refractivity contribution >= 4 is 0 Å². The van der Waals surface area contributed by atoms with Gasteiger partial charge in [0.25, 0.3) is 0 Å². The van der Waals surface area contributed by atoms with Crippen LogP contribution in [0.15, 0.2) is 30.3 Å². The monoisotopic (exact) mass is 291 g/mol. The quantitative estimate of drug-likeness (QED) is 0.869. The third-order valence-electron chi connectivity index (χ3n) is 4.19. The number of hydrogen-bond donors (Lipinski definition) is 1. The van der Waals surface area contributed by atoms with E-state index < -0.39 is 0 Å². The van der Waals surface area contributed by atoms with Crippen LogP contribution in [0.1, 0.15) is 45.2 Å². The first kappa shape index (κ1) is 16.5. The topological polar surface area (TPSA) is 30.5 Å². The third kappa shape index (κ3) is 4.80. The van der Waals surface area contributed by atoms with Gasteiger partial charge in [-0.2, -0.15) is 0 Å². The van der Waals surface area contributed by atoms with Crippen LogP contribution in [0.5, 0.6) is 0 Å². The van der Waals surface area contributed by atoms with E-state index in [9.17, 15) is 0 Å². The van der Waals surface area contributed by atoms with E-state index in [1.165, 1.54) is 5.56 Å². The molecule has 0 aliphatic carbocycles. The van der Waals surface area contributed by atoms with Crippen molar-refractivity contribution in [3.8, 4) is 0 Å². The summed E-state index contributed by atoms with van der Waals surface area (Å²) in [6.45, 7) is 9.18. The van der Waals surface area contributed by atoms with Crippen LogP contribution in [-0.2, 0) is 9.47 Å². The standard InChI is InChI=1S/C18H29NO2/c1-17(2,3)12-16(15-8-6-5-7-9-15)19-13-18(20-4)10-11-21-14-18/h5-9,16,19H,10-14H2,1-4H3. The average molecular weight is 291 g/mol. The Morgan fingerprint density at radius 3 is 2.52 bits per heavy atom. The van der Waals surface area contributed by atoms with Crippen molar-refractivity contribution in [2.45, 2.75) is 45.3 Å². The maximum atomic E-state index is 5.73. The Morgan fingerprint density at radius 2 is 2.00 bits per heavy atom. The van der Waals surface area contributed by atoms with Gasteiger partial charge < -0.3 is 14.8 Å². The molecule has 1 saturated heterocycles. The highest BCUT2D eigenvalue weighted by Crippen LogP contribution is 2.30. The van der Waals surface area contributed by atoms with E-state index in [2.05, 4.69) is 56.4 Å². The molecule has 0 aromatic heterocycles. The van der Waals surface area contributed by atoms with Gasteiger partial charge in [-0.15, -0.1) is 0 Å². The van der Waals surface area contributed by atoms with Crippen molar-refractivity contribution in [1.82, 2.24) is 5.32 Å². The molecule has 118 valence electrons. The van der Waals surface area contributed by atoms with Gasteiger partial charge in [-0.05, 0) is 17.4 Å².